The lowest BCUT2D eigenvalue weighted by Crippen LogP contribution is -2.44. The van der Waals surface area contributed by atoms with Crippen LogP contribution in [0.15, 0.2) is 24.3 Å². The molecule has 1 unspecified atom stereocenters. The van der Waals surface area contributed by atoms with Gasteiger partial charge < -0.3 is 14.2 Å². The number of Topliss-reactive ketones (excluding diaryl/α,β-unsaturated/α-hetero) is 1. The van der Waals surface area contributed by atoms with Gasteiger partial charge in [-0.05, 0) is 72.2 Å². The first-order valence-corrected chi connectivity index (χ1v) is 11.7. The molecule has 10 heteroatoms. The fraction of sp³-hybridized carbons (Fsp3) is 0.560. The Labute approximate surface area is 204 Å². The summed E-state index contributed by atoms with van der Waals surface area (Å²) in [6, 6.07) is 4.34. The van der Waals surface area contributed by atoms with Gasteiger partial charge in [-0.25, -0.2) is 19.2 Å². The molecule has 0 bridgehead atoms. The minimum atomic E-state index is -0.800. The Balaban J connectivity index is 1.51. The van der Waals surface area contributed by atoms with Gasteiger partial charge in [0.1, 0.15) is 17.7 Å². The SMILES string of the molecule is CN1CCC[C@H]1C(=O)OC(=O)c1ccc(C(=O)COC(=O)C2CCCN2C(=O)OC(C)(C)C)cc1. The molecule has 3 rings (SSSR count). The van der Waals surface area contributed by atoms with Gasteiger partial charge in [0.15, 0.2) is 12.4 Å². The molecule has 10 nitrogen and oxygen atoms in total. The monoisotopic (exact) mass is 488 g/mol. The fourth-order valence-corrected chi connectivity index (χ4v) is 4.09. The minimum absolute atomic E-state index is 0.131. The summed E-state index contributed by atoms with van der Waals surface area (Å²) in [7, 11) is 1.80. The summed E-state index contributed by atoms with van der Waals surface area (Å²) in [4.78, 5) is 65.0. The molecule has 0 N–H and O–H groups in total. The van der Waals surface area contributed by atoms with Crippen LogP contribution in [0.1, 0.15) is 67.2 Å². The van der Waals surface area contributed by atoms with E-state index in [1.54, 1.807) is 27.8 Å². The number of nitrogens with zero attached hydrogens (tertiary/aromatic N) is 2. The van der Waals surface area contributed by atoms with Crippen molar-refractivity contribution in [1.29, 1.82) is 0 Å². The molecule has 2 aliphatic rings. The molecule has 190 valence electrons. The molecule has 0 radical (unpaired) electrons. The van der Waals surface area contributed by atoms with Crippen LogP contribution in [-0.4, -0.2) is 84.0 Å². The Morgan fingerprint density at radius 3 is 2.09 bits per heavy atom. The second-order valence-electron chi connectivity index (χ2n) is 9.79. The second-order valence-corrected chi connectivity index (χ2v) is 9.79. The van der Waals surface area contributed by atoms with Crippen molar-refractivity contribution in [2.75, 3.05) is 26.7 Å². The largest absolute Gasteiger partial charge is 0.456 e. The maximum absolute atomic E-state index is 12.5. The highest BCUT2D eigenvalue weighted by Gasteiger charge is 2.38. The third kappa shape index (κ3) is 6.88. The van der Waals surface area contributed by atoms with Crippen LogP contribution in [0.4, 0.5) is 4.79 Å². The molecule has 0 aliphatic carbocycles. The molecule has 2 fully saturated rings. The van der Waals surface area contributed by atoms with Crippen molar-refractivity contribution in [3.63, 3.8) is 0 Å². The van der Waals surface area contributed by atoms with Gasteiger partial charge in [0, 0.05) is 12.1 Å². The molecule has 0 saturated carbocycles. The Hall–Kier alpha value is -3.27. The highest BCUT2D eigenvalue weighted by molar-refractivity contribution is 6.01. The number of amides is 1. The molecule has 2 saturated heterocycles. The number of ether oxygens (including phenoxy) is 3. The van der Waals surface area contributed by atoms with Crippen LogP contribution in [0.3, 0.4) is 0 Å². The molecule has 2 heterocycles. The number of rotatable bonds is 6. The molecule has 1 aromatic rings. The van der Waals surface area contributed by atoms with Crippen LogP contribution < -0.4 is 0 Å². The molecule has 0 spiro atoms. The summed E-state index contributed by atoms with van der Waals surface area (Å²) >= 11 is 0. The predicted molar refractivity (Wildman–Crippen MR) is 124 cm³/mol. The van der Waals surface area contributed by atoms with Crippen molar-refractivity contribution in [2.45, 2.75) is 64.1 Å². The van der Waals surface area contributed by atoms with E-state index in [2.05, 4.69) is 0 Å². The summed E-state index contributed by atoms with van der Waals surface area (Å²) < 4.78 is 15.5. The highest BCUT2D eigenvalue weighted by atomic mass is 16.6. The fourth-order valence-electron chi connectivity index (χ4n) is 4.09. The van der Waals surface area contributed by atoms with Crippen LogP contribution in [0.25, 0.3) is 0 Å². The van der Waals surface area contributed by atoms with E-state index in [1.807, 2.05) is 4.90 Å². The topological polar surface area (TPSA) is 120 Å². The predicted octanol–water partition coefficient (Wildman–Crippen LogP) is 2.59. The van der Waals surface area contributed by atoms with E-state index >= 15 is 0 Å². The normalized spacial score (nSPS) is 20.4. The third-order valence-electron chi connectivity index (χ3n) is 5.93. The van der Waals surface area contributed by atoms with Crippen LogP contribution in [0.5, 0.6) is 0 Å². The van der Waals surface area contributed by atoms with Crippen molar-refractivity contribution in [2.24, 2.45) is 0 Å². The van der Waals surface area contributed by atoms with Gasteiger partial charge in [-0.1, -0.05) is 12.1 Å². The number of esters is 3. The van der Waals surface area contributed by atoms with Gasteiger partial charge in [-0.2, -0.15) is 0 Å². The zero-order chi connectivity index (χ0) is 25.8. The number of benzene rings is 1. The average Bonchev–Trinajstić information content (AvgIpc) is 3.45. The van der Waals surface area contributed by atoms with Gasteiger partial charge in [0.05, 0.1) is 5.56 Å². The first kappa shape index (κ1) is 26.3. The van der Waals surface area contributed by atoms with E-state index in [4.69, 9.17) is 14.2 Å². The van der Waals surface area contributed by atoms with E-state index in [0.717, 1.165) is 13.0 Å². The number of ketones is 1. The molecule has 2 atom stereocenters. The molecule has 1 amide bonds. The van der Waals surface area contributed by atoms with E-state index in [0.29, 0.717) is 25.8 Å². The average molecular weight is 489 g/mol. The number of likely N-dealkylation sites (N-methyl/N-ethyl adjacent to an activating group) is 1. The zero-order valence-corrected chi connectivity index (χ0v) is 20.6. The summed E-state index contributed by atoms with van der Waals surface area (Å²) in [5, 5.41) is 0. The molecular formula is C25H32N2O8. The quantitative estimate of drug-likeness (QED) is 0.257. The molecule has 0 aromatic heterocycles. The lowest BCUT2D eigenvalue weighted by molar-refractivity contribution is -0.147. The highest BCUT2D eigenvalue weighted by Crippen LogP contribution is 2.22. The van der Waals surface area contributed by atoms with Crippen LogP contribution >= 0.6 is 0 Å². The van der Waals surface area contributed by atoms with Crippen molar-refractivity contribution in [3.8, 4) is 0 Å². The van der Waals surface area contributed by atoms with Gasteiger partial charge in [0.2, 0.25) is 0 Å². The lowest BCUT2D eigenvalue weighted by atomic mass is 10.1. The summed E-state index contributed by atoms with van der Waals surface area (Å²) in [6.45, 7) is 5.86. The van der Waals surface area contributed by atoms with Crippen molar-refractivity contribution in [1.82, 2.24) is 9.80 Å². The van der Waals surface area contributed by atoms with Gasteiger partial charge in [0.25, 0.3) is 0 Å². The third-order valence-corrected chi connectivity index (χ3v) is 5.93. The van der Waals surface area contributed by atoms with E-state index in [-0.39, 0.29) is 11.1 Å². The Kier molecular flexibility index (Phi) is 8.26. The Bertz CT molecular complexity index is 982. The summed E-state index contributed by atoms with van der Waals surface area (Å²) in [5.41, 5.74) is -0.332. The summed E-state index contributed by atoms with van der Waals surface area (Å²) in [5.74, 6) is -2.51. The van der Waals surface area contributed by atoms with Crippen molar-refractivity contribution >= 4 is 29.8 Å². The van der Waals surface area contributed by atoms with Gasteiger partial charge in [-0.3, -0.25) is 14.6 Å². The van der Waals surface area contributed by atoms with Crippen molar-refractivity contribution < 1.29 is 38.2 Å². The molecule has 2 aliphatic heterocycles. The van der Waals surface area contributed by atoms with E-state index in [1.165, 1.54) is 29.2 Å². The number of hydrogen-bond donors (Lipinski definition) is 0. The summed E-state index contributed by atoms with van der Waals surface area (Å²) in [6.07, 6.45) is 1.98. The number of carbonyl (C=O) groups is 5. The lowest BCUT2D eigenvalue weighted by Gasteiger charge is -2.27. The molecular weight excluding hydrogens is 456 g/mol. The maximum Gasteiger partial charge on any atom is 0.411 e. The standard InChI is InChI=1S/C25H32N2O8/c1-25(2,3)35-24(32)27-14-6-8-19(27)22(30)33-15-20(28)16-9-11-17(12-10-16)21(29)34-23(31)18-7-5-13-26(18)4/h9-12,18-19H,5-8,13-15H2,1-4H3/t18-,19?/m0/s1. The zero-order valence-electron chi connectivity index (χ0n) is 20.6. The van der Waals surface area contributed by atoms with E-state index in [9.17, 15) is 24.0 Å². The van der Waals surface area contributed by atoms with Gasteiger partial charge in [-0.15, -0.1) is 0 Å². The van der Waals surface area contributed by atoms with Crippen molar-refractivity contribution in [3.05, 3.63) is 35.4 Å². The smallest absolute Gasteiger partial charge is 0.411 e. The van der Waals surface area contributed by atoms with Crippen LogP contribution in [0.2, 0.25) is 0 Å². The first-order valence-electron chi connectivity index (χ1n) is 11.7. The second kappa shape index (κ2) is 11.0. The Morgan fingerprint density at radius 1 is 0.886 bits per heavy atom. The minimum Gasteiger partial charge on any atom is -0.456 e. The number of likely N-dealkylation sites (tertiary alicyclic amines) is 2. The number of carbonyl (C=O) groups excluding carboxylic acids is 5. The molecule has 35 heavy (non-hydrogen) atoms. The molecule has 1 aromatic carbocycles. The van der Waals surface area contributed by atoms with Gasteiger partial charge >= 0.3 is 24.0 Å². The Morgan fingerprint density at radius 2 is 1.49 bits per heavy atom. The number of hydrogen-bond acceptors (Lipinski definition) is 9. The maximum atomic E-state index is 12.5. The van der Waals surface area contributed by atoms with E-state index < -0.39 is 54.1 Å². The van der Waals surface area contributed by atoms with Crippen LogP contribution in [0, 0.1) is 0 Å². The first-order chi connectivity index (χ1) is 16.5. The van der Waals surface area contributed by atoms with Crippen LogP contribution in [-0.2, 0) is 23.8 Å².